The van der Waals surface area contributed by atoms with Crippen LogP contribution < -0.4 is 4.74 Å². The first-order valence-electron chi connectivity index (χ1n) is 4.54. The molecule has 0 aliphatic rings. The number of methoxy groups -OCH3 is 1. The number of aryl methyl sites for hydroxylation is 1. The van der Waals surface area contributed by atoms with Crippen LogP contribution in [0.5, 0.6) is 5.88 Å². The van der Waals surface area contributed by atoms with E-state index in [0.29, 0.717) is 17.1 Å². The third-order valence-corrected chi connectivity index (χ3v) is 2.29. The van der Waals surface area contributed by atoms with Crippen molar-refractivity contribution in [3.8, 4) is 5.88 Å². The van der Waals surface area contributed by atoms with Crippen LogP contribution in [0.2, 0.25) is 0 Å². The van der Waals surface area contributed by atoms with Gasteiger partial charge in [-0.05, 0) is 13.8 Å². The normalized spacial score (nSPS) is 10.6. The van der Waals surface area contributed by atoms with Gasteiger partial charge in [-0.15, -0.1) is 5.10 Å². The van der Waals surface area contributed by atoms with Crippen LogP contribution in [-0.2, 0) is 0 Å². The fourth-order valence-corrected chi connectivity index (χ4v) is 1.47. The molecule has 2 aromatic rings. The van der Waals surface area contributed by atoms with E-state index in [0.717, 1.165) is 5.69 Å². The van der Waals surface area contributed by atoms with Crippen molar-refractivity contribution in [2.45, 2.75) is 13.8 Å². The Kier molecular flexibility index (Phi) is 2.15. The van der Waals surface area contributed by atoms with Crippen LogP contribution in [0.1, 0.15) is 23.0 Å². The van der Waals surface area contributed by atoms with E-state index in [4.69, 9.17) is 4.74 Å². The monoisotopic (exact) mass is 205 g/mol. The molecule has 78 valence electrons. The molecule has 2 rings (SSSR count). The number of hydrogen-bond donors (Lipinski definition) is 0. The van der Waals surface area contributed by atoms with Gasteiger partial charge >= 0.3 is 0 Å². The molecule has 0 bridgehead atoms. The molecule has 15 heavy (non-hydrogen) atoms. The summed E-state index contributed by atoms with van der Waals surface area (Å²) in [5, 5.41) is 4.15. The van der Waals surface area contributed by atoms with Crippen molar-refractivity contribution in [3.05, 3.63) is 23.5 Å². The molecule has 0 N–H and O–H groups in total. The molecule has 0 radical (unpaired) electrons. The molecule has 0 aromatic carbocycles. The lowest BCUT2D eigenvalue weighted by Crippen LogP contribution is -2.04. The van der Waals surface area contributed by atoms with Crippen molar-refractivity contribution in [1.82, 2.24) is 14.6 Å². The molecule has 0 amide bonds. The van der Waals surface area contributed by atoms with Gasteiger partial charge in [-0.2, -0.15) is 0 Å². The van der Waals surface area contributed by atoms with Crippen LogP contribution in [0.25, 0.3) is 5.65 Å². The predicted octanol–water partition coefficient (Wildman–Crippen LogP) is 1.25. The summed E-state index contributed by atoms with van der Waals surface area (Å²) in [7, 11) is 1.54. The van der Waals surface area contributed by atoms with Crippen molar-refractivity contribution in [1.29, 1.82) is 0 Å². The van der Waals surface area contributed by atoms with Crippen LogP contribution in [0.4, 0.5) is 0 Å². The second kappa shape index (κ2) is 3.34. The molecule has 2 aromatic heterocycles. The first-order valence-corrected chi connectivity index (χ1v) is 4.54. The summed E-state index contributed by atoms with van der Waals surface area (Å²) in [4.78, 5) is 15.4. The van der Waals surface area contributed by atoms with Gasteiger partial charge in [0.25, 0.3) is 0 Å². The summed E-state index contributed by atoms with van der Waals surface area (Å²) in [6.45, 7) is 3.34. The zero-order chi connectivity index (χ0) is 11.0. The lowest BCUT2D eigenvalue weighted by molar-refractivity contribution is 0.101. The van der Waals surface area contributed by atoms with Crippen LogP contribution >= 0.6 is 0 Å². The average molecular weight is 205 g/mol. The number of hydrogen-bond acceptors (Lipinski definition) is 4. The summed E-state index contributed by atoms with van der Waals surface area (Å²) >= 11 is 0. The van der Waals surface area contributed by atoms with Crippen molar-refractivity contribution < 1.29 is 9.53 Å². The Hall–Kier alpha value is -1.91. The summed E-state index contributed by atoms with van der Waals surface area (Å²) in [6, 6.07) is 1.72. The minimum atomic E-state index is -0.0173. The zero-order valence-electron chi connectivity index (χ0n) is 8.81. The molecule has 0 fully saturated rings. The van der Waals surface area contributed by atoms with E-state index in [2.05, 4.69) is 10.1 Å². The summed E-state index contributed by atoms with van der Waals surface area (Å²) in [6.07, 6.45) is 1.56. The molecule has 0 atom stereocenters. The number of Topliss-reactive ketones (excluding diaryl/α,β-unsaturated/α-hetero) is 1. The molecule has 2 heterocycles. The van der Waals surface area contributed by atoms with Gasteiger partial charge in [-0.1, -0.05) is 0 Å². The molecular formula is C10H11N3O2. The highest BCUT2D eigenvalue weighted by atomic mass is 16.5. The Morgan fingerprint density at radius 2 is 2.27 bits per heavy atom. The number of carbonyl (C=O) groups is 1. The predicted molar refractivity (Wildman–Crippen MR) is 54.3 cm³/mol. The van der Waals surface area contributed by atoms with E-state index in [1.165, 1.54) is 6.92 Å². The van der Waals surface area contributed by atoms with Gasteiger partial charge in [0.15, 0.2) is 11.4 Å². The van der Waals surface area contributed by atoms with Gasteiger partial charge in [-0.3, -0.25) is 4.79 Å². The first-order chi connectivity index (χ1) is 7.13. The SMILES string of the molecule is COc1cc2ncc(C(C)=O)c(C)n2n1. The highest BCUT2D eigenvalue weighted by Gasteiger charge is 2.10. The Bertz CT molecular complexity index is 531. The Morgan fingerprint density at radius 3 is 2.87 bits per heavy atom. The number of nitrogens with zero attached hydrogens (tertiary/aromatic N) is 3. The van der Waals surface area contributed by atoms with Crippen molar-refractivity contribution in [3.63, 3.8) is 0 Å². The second-order valence-electron chi connectivity index (χ2n) is 3.27. The molecule has 0 unspecified atom stereocenters. The van der Waals surface area contributed by atoms with E-state index in [1.807, 2.05) is 6.92 Å². The minimum absolute atomic E-state index is 0.0173. The lowest BCUT2D eigenvalue weighted by atomic mass is 10.2. The molecule has 0 aliphatic heterocycles. The third-order valence-electron chi connectivity index (χ3n) is 2.29. The highest BCUT2D eigenvalue weighted by molar-refractivity contribution is 5.95. The van der Waals surface area contributed by atoms with E-state index in [-0.39, 0.29) is 5.78 Å². The minimum Gasteiger partial charge on any atom is -0.480 e. The van der Waals surface area contributed by atoms with Gasteiger partial charge in [0.2, 0.25) is 5.88 Å². The summed E-state index contributed by atoms with van der Waals surface area (Å²) in [5.74, 6) is 0.475. The van der Waals surface area contributed by atoms with E-state index in [9.17, 15) is 4.79 Å². The Labute approximate surface area is 86.7 Å². The van der Waals surface area contributed by atoms with Crippen LogP contribution in [-0.4, -0.2) is 27.5 Å². The molecule has 0 saturated carbocycles. The zero-order valence-corrected chi connectivity index (χ0v) is 8.81. The quantitative estimate of drug-likeness (QED) is 0.692. The standard InChI is InChI=1S/C10H11N3O2/c1-6-8(7(2)14)5-11-9-4-10(15-3)12-13(6)9/h4-5H,1-3H3. The summed E-state index contributed by atoms with van der Waals surface area (Å²) < 4.78 is 6.60. The molecule has 5 heteroatoms. The fourth-order valence-electron chi connectivity index (χ4n) is 1.47. The highest BCUT2D eigenvalue weighted by Crippen LogP contribution is 2.15. The van der Waals surface area contributed by atoms with E-state index in [1.54, 1.807) is 23.9 Å². The maximum absolute atomic E-state index is 11.3. The maximum Gasteiger partial charge on any atom is 0.235 e. The number of rotatable bonds is 2. The number of ketones is 1. The Morgan fingerprint density at radius 1 is 1.53 bits per heavy atom. The lowest BCUT2D eigenvalue weighted by Gasteiger charge is -2.02. The Balaban J connectivity index is 2.72. The molecular weight excluding hydrogens is 194 g/mol. The summed E-state index contributed by atoms with van der Waals surface area (Å²) in [5.41, 5.74) is 2.03. The maximum atomic E-state index is 11.3. The molecule has 5 nitrogen and oxygen atoms in total. The number of fused-ring (bicyclic) bond motifs is 1. The molecule has 0 spiro atoms. The number of aromatic nitrogens is 3. The second-order valence-corrected chi connectivity index (χ2v) is 3.27. The number of carbonyl (C=O) groups excluding carboxylic acids is 1. The number of ether oxygens (including phenoxy) is 1. The average Bonchev–Trinajstić information content (AvgIpc) is 2.61. The fraction of sp³-hybridized carbons (Fsp3) is 0.300. The van der Waals surface area contributed by atoms with Crippen molar-refractivity contribution >= 4 is 11.4 Å². The first kappa shape index (κ1) is 9.64. The van der Waals surface area contributed by atoms with Gasteiger partial charge in [0.1, 0.15) is 0 Å². The largest absolute Gasteiger partial charge is 0.480 e. The van der Waals surface area contributed by atoms with Crippen LogP contribution in [0.15, 0.2) is 12.3 Å². The van der Waals surface area contributed by atoms with Crippen LogP contribution in [0, 0.1) is 6.92 Å². The van der Waals surface area contributed by atoms with Crippen LogP contribution in [0.3, 0.4) is 0 Å². The van der Waals surface area contributed by atoms with E-state index >= 15 is 0 Å². The van der Waals surface area contributed by atoms with Gasteiger partial charge < -0.3 is 4.74 Å². The van der Waals surface area contributed by atoms with Crippen molar-refractivity contribution in [2.75, 3.05) is 7.11 Å². The third kappa shape index (κ3) is 1.45. The van der Waals surface area contributed by atoms with Gasteiger partial charge in [0.05, 0.1) is 18.4 Å². The van der Waals surface area contributed by atoms with Crippen molar-refractivity contribution in [2.24, 2.45) is 0 Å². The van der Waals surface area contributed by atoms with E-state index < -0.39 is 0 Å². The molecule has 0 aliphatic carbocycles. The topological polar surface area (TPSA) is 56.5 Å². The smallest absolute Gasteiger partial charge is 0.235 e. The van der Waals surface area contributed by atoms with Gasteiger partial charge in [0, 0.05) is 12.3 Å². The molecule has 0 saturated heterocycles. The van der Waals surface area contributed by atoms with Gasteiger partial charge in [-0.25, -0.2) is 9.50 Å².